The quantitative estimate of drug-likeness (QED) is 0.709. The summed E-state index contributed by atoms with van der Waals surface area (Å²) in [7, 11) is 0. The van der Waals surface area contributed by atoms with Crippen molar-refractivity contribution in [2.75, 3.05) is 16.8 Å². The lowest BCUT2D eigenvalue weighted by Gasteiger charge is -2.10. The minimum atomic E-state index is -0.160. The number of nitrogens with one attached hydrogen (secondary N) is 1. The molecule has 1 saturated heterocycles. The second-order valence-electron chi connectivity index (χ2n) is 6.57. The summed E-state index contributed by atoms with van der Waals surface area (Å²) in [4.78, 5) is 35.1. The smallest absolute Gasteiger partial charge is 0.232 e. The number of amides is 2. The molecular formula is C19H21N5O2S. The molecule has 1 aliphatic rings. The van der Waals surface area contributed by atoms with Crippen LogP contribution >= 0.6 is 11.3 Å². The molecule has 4 rings (SSSR count). The number of hydrogen-bond acceptors (Lipinski definition) is 5. The van der Waals surface area contributed by atoms with Crippen LogP contribution in [-0.2, 0) is 22.6 Å². The molecule has 3 aromatic rings. The van der Waals surface area contributed by atoms with Gasteiger partial charge in [0.05, 0.1) is 23.1 Å². The van der Waals surface area contributed by atoms with Gasteiger partial charge in [0.15, 0.2) is 5.13 Å². The van der Waals surface area contributed by atoms with Crippen LogP contribution in [-0.4, -0.2) is 32.9 Å². The van der Waals surface area contributed by atoms with Gasteiger partial charge in [-0.15, -0.1) is 11.3 Å². The number of rotatable bonds is 6. The molecule has 0 aliphatic carbocycles. The summed E-state index contributed by atoms with van der Waals surface area (Å²) >= 11 is 1.41. The summed E-state index contributed by atoms with van der Waals surface area (Å²) < 4.78 is 2.03. The highest BCUT2D eigenvalue weighted by atomic mass is 32.1. The van der Waals surface area contributed by atoms with Crippen LogP contribution in [0.2, 0.25) is 0 Å². The zero-order chi connectivity index (χ0) is 18.8. The van der Waals surface area contributed by atoms with Crippen molar-refractivity contribution in [3.63, 3.8) is 0 Å². The van der Waals surface area contributed by atoms with E-state index in [-0.39, 0.29) is 18.2 Å². The number of fused-ring (bicyclic) bond motifs is 1. The van der Waals surface area contributed by atoms with Gasteiger partial charge in [0.1, 0.15) is 0 Å². The van der Waals surface area contributed by atoms with Gasteiger partial charge in [0, 0.05) is 24.9 Å². The molecule has 7 nitrogen and oxygen atoms in total. The Morgan fingerprint density at radius 1 is 1.30 bits per heavy atom. The Kier molecular flexibility index (Phi) is 4.89. The Morgan fingerprint density at radius 2 is 2.15 bits per heavy atom. The largest absolute Gasteiger partial charge is 0.310 e. The maximum Gasteiger partial charge on any atom is 0.232 e. The third-order valence-electron chi connectivity index (χ3n) is 4.54. The predicted octanol–water partition coefficient (Wildman–Crippen LogP) is 3.21. The van der Waals surface area contributed by atoms with Crippen molar-refractivity contribution in [2.45, 2.75) is 39.2 Å². The Labute approximate surface area is 161 Å². The topological polar surface area (TPSA) is 80.1 Å². The second-order valence-corrected chi connectivity index (χ2v) is 7.41. The number of carbonyl (C=O) groups is 2. The first-order valence-electron chi connectivity index (χ1n) is 9.15. The molecular weight excluding hydrogens is 362 g/mol. The zero-order valence-corrected chi connectivity index (χ0v) is 16.0. The minimum absolute atomic E-state index is 0.105. The summed E-state index contributed by atoms with van der Waals surface area (Å²) in [6.45, 7) is 3.59. The molecule has 2 amide bonds. The van der Waals surface area contributed by atoms with Crippen LogP contribution in [0.4, 0.5) is 11.1 Å². The van der Waals surface area contributed by atoms with Crippen molar-refractivity contribution < 1.29 is 9.59 Å². The van der Waals surface area contributed by atoms with E-state index in [0.717, 1.165) is 30.4 Å². The van der Waals surface area contributed by atoms with E-state index in [2.05, 4.69) is 22.2 Å². The molecule has 0 unspecified atom stereocenters. The SMILES string of the molecule is CCCn1c(NC(=O)Cc2csc(N3CCCC3=O)n2)nc2ccccc21. The van der Waals surface area contributed by atoms with E-state index in [1.807, 2.05) is 34.2 Å². The number of benzene rings is 1. The molecule has 0 saturated carbocycles. The average Bonchev–Trinajstić information content (AvgIpc) is 3.35. The molecule has 140 valence electrons. The molecule has 2 aromatic heterocycles. The summed E-state index contributed by atoms with van der Waals surface area (Å²) in [5.74, 6) is 0.508. The van der Waals surface area contributed by atoms with Crippen LogP contribution in [0.3, 0.4) is 0 Å². The van der Waals surface area contributed by atoms with Gasteiger partial charge in [0.25, 0.3) is 0 Å². The Balaban J connectivity index is 1.48. The van der Waals surface area contributed by atoms with E-state index >= 15 is 0 Å². The van der Waals surface area contributed by atoms with Gasteiger partial charge < -0.3 is 4.57 Å². The summed E-state index contributed by atoms with van der Waals surface area (Å²) in [5.41, 5.74) is 2.55. The normalized spacial score (nSPS) is 14.3. The van der Waals surface area contributed by atoms with Crippen LogP contribution in [0, 0.1) is 0 Å². The molecule has 0 bridgehead atoms. The molecule has 1 aromatic carbocycles. The van der Waals surface area contributed by atoms with Crippen LogP contribution in [0.15, 0.2) is 29.6 Å². The highest BCUT2D eigenvalue weighted by Gasteiger charge is 2.24. The lowest BCUT2D eigenvalue weighted by molar-refractivity contribution is -0.117. The van der Waals surface area contributed by atoms with Crippen molar-refractivity contribution >= 4 is 45.3 Å². The number of hydrogen-bond donors (Lipinski definition) is 1. The molecule has 3 heterocycles. The first-order chi connectivity index (χ1) is 13.2. The Hall–Kier alpha value is -2.74. The van der Waals surface area contributed by atoms with Crippen LogP contribution in [0.1, 0.15) is 31.9 Å². The number of aromatic nitrogens is 3. The van der Waals surface area contributed by atoms with E-state index in [1.165, 1.54) is 11.3 Å². The highest BCUT2D eigenvalue weighted by molar-refractivity contribution is 7.14. The Morgan fingerprint density at radius 3 is 2.93 bits per heavy atom. The van der Waals surface area contributed by atoms with Crippen molar-refractivity contribution in [1.82, 2.24) is 14.5 Å². The van der Waals surface area contributed by atoms with Gasteiger partial charge in [0.2, 0.25) is 17.8 Å². The minimum Gasteiger partial charge on any atom is -0.310 e. The van der Waals surface area contributed by atoms with E-state index in [9.17, 15) is 9.59 Å². The van der Waals surface area contributed by atoms with Crippen molar-refractivity contribution in [1.29, 1.82) is 0 Å². The van der Waals surface area contributed by atoms with Gasteiger partial charge in [-0.3, -0.25) is 19.8 Å². The maximum atomic E-state index is 12.5. The average molecular weight is 383 g/mol. The maximum absolute atomic E-state index is 12.5. The Bertz CT molecular complexity index is 993. The second kappa shape index (κ2) is 7.48. The fourth-order valence-corrected chi connectivity index (χ4v) is 4.17. The molecule has 1 N–H and O–H groups in total. The van der Waals surface area contributed by atoms with Crippen molar-refractivity contribution in [3.8, 4) is 0 Å². The predicted molar refractivity (Wildman–Crippen MR) is 106 cm³/mol. The van der Waals surface area contributed by atoms with Crippen molar-refractivity contribution in [2.24, 2.45) is 0 Å². The van der Waals surface area contributed by atoms with E-state index in [1.54, 1.807) is 4.90 Å². The number of para-hydroxylation sites is 2. The number of nitrogens with zero attached hydrogens (tertiary/aromatic N) is 4. The van der Waals surface area contributed by atoms with Crippen LogP contribution in [0.25, 0.3) is 11.0 Å². The number of thiazole rings is 1. The van der Waals surface area contributed by atoms with E-state index in [0.29, 0.717) is 29.7 Å². The third-order valence-corrected chi connectivity index (χ3v) is 5.45. The lowest BCUT2D eigenvalue weighted by Crippen LogP contribution is -2.23. The monoisotopic (exact) mass is 383 g/mol. The number of imidazole rings is 1. The lowest BCUT2D eigenvalue weighted by atomic mass is 10.3. The molecule has 0 atom stereocenters. The summed E-state index contributed by atoms with van der Waals surface area (Å²) in [6.07, 6.45) is 2.54. The molecule has 1 aliphatic heterocycles. The molecule has 0 radical (unpaired) electrons. The van der Waals surface area contributed by atoms with Gasteiger partial charge in [-0.2, -0.15) is 0 Å². The summed E-state index contributed by atoms with van der Waals surface area (Å²) in [6, 6.07) is 7.86. The molecule has 1 fully saturated rings. The van der Waals surface area contributed by atoms with Gasteiger partial charge in [-0.05, 0) is 25.0 Å². The van der Waals surface area contributed by atoms with Gasteiger partial charge >= 0.3 is 0 Å². The highest BCUT2D eigenvalue weighted by Crippen LogP contribution is 2.26. The zero-order valence-electron chi connectivity index (χ0n) is 15.1. The van der Waals surface area contributed by atoms with Crippen LogP contribution < -0.4 is 10.2 Å². The van der Waals surface area contributed by atoms with E-state index in [4.69, 9.17) is 0 Å². The van der Waals surface area contributed by atoms with Crippen molar-refractivity contribution in [3.05, 3.63) is 35.3 Å². The first-order valence-corrected chi connectivity index (χ1v) is 10.0. The molecule has 27 heavy (non-hydrogen) atoms. The molecule has 8 heteroatoms. The third kappa shape index (κ3) is 3.57. The van der Waals surface area contributed by atoms with Gasteiger partial charge in [-0.25, -0.2) is 9.97 Å². The van der Waals surface area contributed by atoms with Gasteiger partial charge in [-0.1, -0.05) is 19.1 Å². The number of aryl methyl sites for hydroxylation is 1. The fraction of sp³-hybridized carbons (Fsp3) is 0.368. The number of anilines is 2. The standard InChI is InChI=1S/C19H21N5O2S/c1-2-9-23-15-7-4-3-6-14(15)21-18(23)22-16(25)11-13-12-27-19(20-13)24-10-5-8-17(24)26/h3-4,6-7,12H,2,5,8-11H2,1H3,(H,21,22,25). The fourth-order valence-electron chi connectivity index (χ4n) is 3.31. The first kappa shape index (κ1) is 17.7. The van der Waals surface area contributed by atoms with Crippen LogP contribution in [0.5, 0.6) is 0 Å². The summed E-state index contributed by atoms with van der Waals surface area (Å²) in [5, 5.41) is 5.44. The number of carbonyl (C=O) groups excluding carboxylic acids is 2. The molecule has 0 spiro atoms. The van der Waals surface area contributed by atoms with E-state index < -0.39 is 0 Å².